The first kappa shape index (κ1) is 20.0. The Kier molecular flexibility index (Phi) is 6.21. The number of halogens is 1. The van der Waals surface area contributed by atoms with Gasteiger partial charge in [0, 0.05) is 37.2 Å². The lowest BCUT2D eigenvalue weighted by molar-refractivity contribution is -0.128. The zero-order chi connectivity index (χ0) is 20.2. The maximum atomic E-state index is 13.2. The predicted molar refractivity (Wildman–Crippen MR) is 111 cm³/mol. The summed E-state index contributed by atoms with van der Waals surface area (Å²) < 4.78 is 5.23. The first-order valence-corrected chi connectivity index (χ1v) is 10.6. The second kappa shape index (κ2) is 9.01. The van der Waals surface area contributed by atoms with Gasteiger partial charge >= 0.3 is 0 Å². The third-order valence-corrected chi connectivity index (χ3v) is 6.09. The molecule has 154 valence electrons. The van der Waals surface area contributed by atoms with E-state index in [1.165, 1.54) is 19.1 Å². The quantitative estimate of drug-likeness (QED) is 0.811. The van der Waals surface area contributed by atoms with Crippen molar-refractivity contribution in [1.29, 1.82) is 0 Å². The topological polar surface area (TPSA) is 65.8 Å². The summed E-state index contributed by atoms with van der Waals surface area (Å²) in [4.78, 5) is 29.7. The number of hydrogen-bond acceptors (Lipinski definition) is 4. The van der Waals surface area contributed by atoms with Crippen LogP contribution in [0.5, 0.6) is 0 Å². The first-order valence-electron chi connectivity index (χ1n) is 10.2. The van der Waals surface area contributed by atoms with Crippen LogP contribution < -0.4 is 5.32 Å². The SMILES string of the molecule is O=C(NC1CCCC1)C(c1ccc(Cl)cc1)N1CCN(C(=O)c2ccco2)CC1. The van der Waals surface area contributed by atoms with E-state index in [4.69, 9.17) is 16.0 Å². The smallest absolute Gasteiger partial charge is 0.289 e. The minimum absolute atomic E-state index is 0.0324. The van der Waals surface area contributed by atoms with E-state index < -0.39 is 0 Å². The summed E-state index contributed by atoms with van der Waals surface area (Å²) >= 11 is 6.05. The molecule has 6 nitrogen and oxygen atoms in total. The molecule has 0 bridgehead atoms. The molecule has 2 fully saturated rings. The molecule has 4 rings (SSSR count). The van der Waals surface area contributed by atoms with Crippen LogP contribution in [0.25, 0.3) is 0 Å². The van der Waals surface area contributed by atoms with Gasteiger partial charge in [0.25, 0.3) is 5.91 Å². The lowest BCUT2D eigenvalue weighted by Gasteiger charge is -2.38. The number of carbonyl (C=O) groups excluding carboxylic acids is 2. The third-order valence-electron chi connectivity index (χ3n) is 5.83. The molecule has 2 amide bonds. The highest BCUT2D eigenvalue weighted by Gasteiger charge is 2.33. The summed E-state index contributed by atoms with van der Waals surface area (Å²) in [6, 6.07) is 10.8. The van der Waals surface area contributed by atoms with E-state index >= 15 is 0 Å². The zero-order valence-corrected chi connectivity index (χ0v) is 17.1. The highest BCUT2D eigenvalue weighted by atomic mass is 35.5. The Balaban J connectivity index is 1.47. The Morgan fingerprint density at radius 2 is 1.72 bits per heavy atom. The van der Waals surface area contributed by atoms with Gasteiger partial charge in [0.05, 0.1) is 6.26 Å². The van der Waals surface area contributed by atoms with Gasteiger partial charge in [-0.3, -0.25) is 14.5 Å². The van der Waals surface area contributed by atoms with Crippen molar-refractivity contribution in [3.8, 4) is 0 Å². The molecule has 2 heterocycles. The molecule has 2 aliphatic rings. The van der Waals surface area contributed by atoms with E-state index in [2.05, 4.69) is 10.2 Å². The Morgan fingerprint density at radius 3 is 2.34 bits per heavy atom. The van der Waals surface area contributed by atoms with Crippen LogP contribution in [-0.4, -0.2) is 53.8 Å². The normalized spacial score (nSPS) is 19.3. The lowest BCUT2D eigenvalue weighted by atomic mass is 10.0. The first-order chi connectivity index (χ1) is 14.1. The van der Waals surface area contributed by atoms with Crippen LogP contribution in [0, 0.1) is 0 Å². The Labute approximate surface area is 175 Å². The van der Waals surface area contributed by atoms with Crippen LogP contribution in [0.1, 0.15) is 47.8 Å². The zero-order valence-electron chi connectivity index (χ0n) is 16.4. The molecule has 1 unspecified atom stereocenters. The number of amides is 2. The van der Waals surface area contributed by atoms with E-state index in [-0.39, 0.29) is 23.9 Å². The Bertz CT molecular complexity index is 823. The molecule has 29 heavy (non-hydrogen) atoms. The van der Waals surface area contributed by atoms with Crippen LogP contribution in [0.15, 0.2) is 47.1 Å². The monoisotopic (exact) mass is 415 g/mol. The maximum Gasteiger partial charge on any atom is 0.289 e. The number of nitrogens with one attached hydrogen (secondary N) is 1. The molecule has 1 saturated heterocycles. The molecule has 1 N–H and O–H groups in total. The van der Waals surface area contributed by atoms with Crippen molar-refractivity contribution in [2.75, 3.05) is 26.2 Å². The van der Waals surface area contributed by atoms with Gasteiger partial charge in [-0.25, -0.2) is 0 Å². The standard InChI is InChI=1S/C22H26ClN3O3/c23-17-9-7-16(8-10-17)20(21(27)24-18-4-1-2-5-18)25-11-13-26(14-12-25)22(28)19-6-3-15-29-19/h3,6-10,15,18,20H,1-2,4-5,11-14H2,(H,24,27). The van der Waals surface area contributed by atoms with Crippen LogP contribution in [0.4, 0.5) is 0 Å². The second-order valence-corrected chi connectivity index (χ2v) is 8.19. The van der Waals surface area contributed by atoms with E-state index in [0.29, 0.717) is 37.0 Å². The average Bonchev–Trinajstić information content (AvgIpc) is 3.44. The van der Waals surface area contributed by atoms with Crippen molar-refractivity contribution in [1.82, 2.24) is 15.1 Å². The van der Waals surface area contributed by atoms with Crippen molar-refractivity contribution in [3.05, 3.63) is 59.0 Å². The molecule has 0 radical (unpaired) electrons. The molecular formula is C22H26ClN3O3. The number of furan rings is 1. The van der Waals surface area contributed by atoms with Gasteiger partial charge in [0.1, 0.15) is 6.04 Å². The predicted octanol–water partition coefficient (Wildman–Crippen LogP) is 3.49. The van der Waals surface area contributed by atoms with Crippen molar-refractivity contribution in [2.45, 2.75) is 37.8 Å². The summed E-state index contributed by atoms with van der Waals surface area (Å²) in [6.45, 7) is 2.36. The minimum Gasteiger partial charge on any atom is -0.459 e. The maximum absolute atomic E-state index is 13.2. The fraction of sp³-hybridized carbons (Fsp3) is 0.455. The molecule has 1 aromatic carbocycles. The summed E-state index contributed by atoms with van der Waals surface area (Å²) in [6.07, 6.45) is 5.94. The molecule has 1 aliphatic heterocycles. The van der Waals surface area contributed by atoms with Crippen molar-refractivity contribution < 1.29 is 14.0 Å². The molecule has 0 spiro atoms. The number of hydrogen-bond donors (Lipinski definition) is 1. The molecule has 1 aliphatic carbocycles. The summed E-state index contributed by atoms with van der Waals surface area (Å²) in [7, 11) is 0. The van der Waals surface area contributed by atoms with Gasteiger partial charge in [-0.2, -0.15) is 0 Å². The van der Waals surface area contributed by atoms with Gasteiger partial charge in [0.2, 0.25) is 5.91 Å². The van der Waals surface area contributed by atoms with Crippen molar-refractivity contribution in [3.63, 3.8) is 0 Å². The molecule has 1 aromatic heterocycles. The fourth-order valence-corrected chi connectivity index (χ4v) is 4.39. The summed E-state index contributed by atoms with van der Waals surface area (Å²) in [5, 5.41) is 3.89. The van der Waals surface area contributed by atoms with E-state index in [1.54, 1.807) is 17.0 Å². The van der Waals surface area contributed by atoms with Crippen molar-refractivity contribution >= 4 is 23.4 Å². The van der Waals surface area contributed by atoms with E-state index in [0.717, 1.165) is 18.4 Å². The lowest BCUT2D eigenvalue weighted by Crippen LogP contribution is -2.53. The van der Waals surface area contributed by atoms with Crippen LogP contribution in [-0.2, 0) is 4.79 Å². The number of carbonyl (C=O) groups is 2. The summed E-state index contributed by atoms with van der Waals surface area (Å²) in [5.41, 5.74) is 0.927. The number of piperazine rings is 1. The number of benzene rings is 1. The van der Waals surface area contributed by atoms with Crippen LogP contribution in [0.3, 0.4) is 0 Å². The van der Waals surface area contributed by atoms with Gasteiger partial charge in [-0.1, -0.05) is 36.6 Å². The Hall–Kier alpha value is -2.31. The average molecular weight is 416 g/mol. The molecule has 2 aromatic rings. The van der Waals surface area contributed by atoms with Gasteiger partial charge < -0.3 is 14.6 Å². The molecular weight excluding hydrogens is 390 g/mol. The Morgan fingerprint density at radius 1 is 1.03 bits per heavy atom. The van der Waals surface area contributed by atoms with Gasteiger partial charge in [-0.05, 0) is 42.7 Å². The third kappa shape index (κ3) is 4.65. The molecule has 1 atom stereocenters. The second-order valence-electron chi connectivity index (χ2n) is 7.75. The van der Waals surface area contributed by atoms with Crippen LogP contribution in [0.2, 0.25) is 5.02 Å². The largest absolute Gasteiger partial charge is 0.459 e. The van der Waals surface area contributed by atoms with E-state index in [1.807, 2.05) is 24.3 Å². The van der Waals surface area contributed by atoms with Crippen molar-refractivity contribution in [2.24, 2.45) is 0 Å². The van der Waals surface area contributed by atoms with E-state index in [9.17, 15) is 9.59 Å². The van der Waals surface area contributed by atoms with Gasteiger partial charge in [-0.15, -0.1) is 0 Å². The number of rotatable bonds is 5. The molecule has 1 saturated carbocycles. The number of nitrogens with zero attached hydrogens (tertiary/aromatic N) is 2. The van der Waals surface area contributed by atoms with Crippen LogP contribution >= 0.6 is 11.6 Å². The minimum atomic E-state index is -0.381. The summed E-state index contributed by atoms with van der Waals surface area (Å²) in [5.74, 6) is 0.282. The highest BCUT2D eigenvalue weighted by Crippen LogP contribution is 2.26. The fourth-order valence-electron chi connectivity index (χ4n) is 4.26. The highest BCUT2D eigenvalue weighted by molar-refractivity contribution is 6.30. The molecule has 7 heteroatoms. The van der Waals surface area contributed by atoms with Gasteiger partial charge in [0.15, 0.2) is 5.76 Å².